The van der Waals surface area contributed by atoms with Gasteiger partial charge in [0.2, 0.25) is 15.9 Å². The summed E-state index contributed by atoms with van der Waals surface area (Å²) in [6.07, 6.45) is 0.177. The summed E-state index contributed by atoms with van der Waals surface area (Å²) in [4.78, 5) is 17.0. The molecule has 7 nitrogen and oxygen atoms in total. The molecular formula is C26H27ClFN3O4S. The average Bonchev–Trinajstić information content (AvgIpc) is 2.89. The van der Waals surface area contributed by atoms with E-state index in [2.05, 4.69) is 4.72 Å². The first-order chi connectivity index (χ1) is 17.3. The predicted octanol–water partition coefficient (Wildman–Crippen LogP) is 3.73. The van der Waals surface area contributed by atoms with Gasteiger partial charge in [-0.2, -0.15) is 4.72 Å². The molecule has 0 aliphatic carbocycles. The third-order valence-corrected chi connectivity index (χ3v) is 7.86. The van der Waals surface area contributed by atoms with E-state index >= 15 is 0 Å². The van der Waals surface area contributed by atoms with E-state index in [1.54, 1.807) is 23.1 Å². The minimum atomic E-state index is -4.07. The molecule has 190 valence electrons. The van der Waals surface area contributed by atoms with Gasteiger partial charge in [0.25, 0.3) is 0 Å². The fourth-order valence-electron chi connectivity index (χ4n) is 4.20. The molecule has 1 amide bonds. The predicted molar refractivity (Wildman–Crippen MR) is 137 cm³/mol. The molecule has 0 radical (unpaired) electrons. The lowest BCUT2D eigenvalue weighted by molar-refractivity contribution is -0.133. The number of carbonyl (C=O) groups excluding carboxylic acids is 1. The third-order valence-electron chi connectivity index (χ3n) is 6.10. The molecule has 1 N–H and O–H groups in total. The van der Waals surface area contributed by atoms with E-state index in [0.717, 1.165) is 5.56 Å². The van der Waals surface area contributed by atoms with Crippen LogP contribution in [-0.2, 0) is 21.2 Å². The minimum Gasteiger partial charge on any atom is -0.495 e. The van der Waals surface area contributed by atoms with Gasteiger partial charge in [0, 0.05) is 26.2 Å². The number of nitrogens with one attached hydrogen (secondary N) is 1. The molecule has 36 heavy (non-hydrogen) atoms. The van der Waals surface area contributed by atoms with E-state index in [1.807, 2.05) is 35.2 Å². The lowest BCUT2D eigenvalue weighted by Crippen LogP contribution is -2.55. The van der Waals surface area contributed by atoms with Crippen molar-refractivity contribution in [3.05, 3.63) is 89.2 Å². The van der Waals surface area contributed by atoms with Crippen LogP contribution in [0.1, 0.15) is 5.56 Å². The lowest BCUT2D eigenvalue weighted by Gasteiger charge is -2.37. The summed E-state index contributed by atoms with van der Waals surface area (Å²) < 4.78 is 48.3. The van der Waals surface area contributed by atoms with E-state index in [0.29, 0.717) is 37.6 Å². The standard InChI is InChI=1S/C26H27ClFN3O4S/c1-35-25-12-11-20(18-21(25)27)36(33,34)29-23(17-19-7-3-2-4-8-19)26(32)31-15-13-30(14-16-31)24-10-6-5-9-22(24)28/h2-12,18,23,29H,13-17H2,1H3/t23-/m0/s1. The summed E-state index contributed by atoms with van der Waals surface area (Å²) in [7, 11) is -2.63. The Bertz CT molecular complexity index is 1320. The van der Waals surface area contributed by atoms with Crippen LogP contribution in [0.4, 0.5) is 10.1 Å². The van der Waals surface area contributed by atoms with E-state index in [9.17, 15) is 17.6 Å². The fourth-order valence-corrected chi connectivity index (χ4v) is 5.73. The number of halogens is 2. The Balaban J connectivity index is 1.53. The zero-order valence-electron chi connectivity index (χ0n) is 19.7. The van der Waals surface area contributed by atoms with Crippen LogP contribution in [0.2, 0.25) is 5.02 Å². The molecule has 1 atom stereocenters. The summed E-state index contributed by atoms with van der Waals surface area (Å²) in [6, 6.07) is 18.8. The van der Waals surface area contributed by atoms with Gasteiger partial charge in [-0.3, -0.25) is 4.79 Å². The molecule has 1 aliphatic rings. The molecule has 1 aliphatic heterocycles. The molecule has 3 aromatic carbocycles. The number of sulfonamides is 1. The van der Waals surface area contributed by atoms with Crippen LogP contribution in [0, 0.1) is 5.82 Å². The van der Waals surface area contributed by atoms with Crippen molar-refractivity contribution >= 4 is 33.2 Å². The number of para-hydroxylation sites is 1. The molecule has 3 aromatic rings. The van der Waals surface area contributed by atoms with Crippen molar-refractivity contribution in [1.82, 2.24) is 9.62 Å². The highest BCUT2D eigenvalue weighted by Gasteiger charge is 2.32. The minimum absolute atomic E-state index is 0.0662. The average molecular weight is 532 g/mol. The Labute approximate surface area is 215 Å². The van der Waals surface area contributed by atoms with Gasteiger partial charge in [-0.1, -0.05) is 54.1 Å². The van der Waals surface area contributed by atoms with Gasteiger partial charge in [-0.25, -0.2) is 12.8 Å². The highest BCUT2D eigenvalue weighted by molar-refractivity contribution is 7.89. The molecule has 0 unspecified atom stereocenters. The maximum atomic E-state index is 14.2. The smallest absolute Gasteiger partial charge is 0.241 e. The first-order valence-electron chi connectivity index (χ1n) is 11.5. The fraction of sp³-hybridized carbons (Fsp3) is 0.269. The molecule has 4 rings (SSSR count). The number of carbonyl (C=O) groups is 1. The Morgan fingerprint density at radius 1 is 1.03 bits per heavy atom. The summed E-state index contributed by atoms with van der Waals surface area (Å²) in [5.74, 6) is -0.305. The first kappa shape index (κ1) is 25.9. The molecular weight excluding hydrogens is 505 g/mol. The van der Waals surface area contributed by atoms with Crippen molar-refractivity contribution in [3.8, 4) is 5.75 Å². The zero-order chi connectivity index (χ0) is 25.7. The van der Waals surface area contributed by atoms with Gasteiger partial charge in [0.05, 0.1) is 22.7 Å². The van der Waals surface area contributed by atoms with Gasteiger partial charge in [0.15, 0.2) is 0 Å². The second kappa shape index (κ2) is 11.3. The van der Waals surface area contributed by atoms with Crippen LogP contribution in [0.15, 0.2) is 77.7 Å². The molecule has 1 saturated heterocycles. The topological polar surface area (TPSA) is 78.9 Å². The van der Waals surface area contributed by atoms with Crippen molar-refractivity contribution in [3.63, 3.8) is 0 Å². The monoisotopic (exact) mass is 531 g/mol. The van der Waals surface area contributed by atoms with E-state index in [4.69, 9.17) is 16.3 Å². The van der Waals surface area contributed by atoms with Crippen LogP contribution >= 0.6 is 11.6 Å². The van der Waals surface area contributed by atoms with Gasteiger partial charge >= 0.3 is 0 Å². The second-order valence-electron chi connectivity index (χ2n) is 8.42. The number of methoxy groups -OCH3 is 1. The maximum Gasteiger partial charge on any atom is 0.241 e. The number of piperazine rings is 1. The van der Waals surface area contributed by atoms with E-state index in [1.165, 1.54) is 31.4 Å². The van der Waals surface area contributed by atoms with Crippen LogP contribution < -0.4 is 14.4 Å². The number of amides is 1. The molecule has 0 aromatic heterocycles. The largest absolute Gasteiger partial charge is 0.495 e. The van der Waals surface area contributed by atoms with Gasteiger partial charge in [-0.05, 0) is 42.3 Å². The SMILES string of the molecule is COc1ccc(S(=O)(=O)N[C@@H](Cc2ccccc2)C(=O)N2CCN(c3ccccc3F)CC2)cc1Cl. The van der Waals surface area contributed by atoms with Gasteiger partial charge in [-0.15, -0.1) is 0 Å². The summed E-state index contributed by atoms with van der Waals surface area (Å²) in [5.41, 5.74) is 1.30. The van der Waals surface area contributed by atoms with Crippen LogP contribution in [0.25, 0.3) is 0 Å². The normalized spacial score (nSPS) is 15.0. The highest BCUT2D eigenvalue weighted by Crippen LogP contribution is 2.27. The first-order valence-corrected chi connectivity index (χ1v) is 13.3. The highest BCUT2D eigenvalue weighted by atomic mass is 35.5. The Kier molecular flexibility index (Phi) is 8.13. The van der Waals surface area contributed by atoms with Crippen molar-refractivity contribution in [2.45, 2.75) is 17.4 Å². The van der Waals surface area contributed by atoms with Crippen molar-refractivity contribution in [2.75, 3.05) is 38.2 Å². The molecule has 0 spiro atoms. The number of benzene rings is 3. The molecule has 10 heteroatoms. The quantitative estimate of drug-likeness (QED) is 0.479. The van der Waals surface area contributed by atoms with Gasteiger partial charge in [0.1, 0.15) is 17.6 Å². The number of ether oxygens (including phenoxy) is 1. The molecule has 1 heterocycles. The van der Waals surface area contributed by atoms with Crippen LogP contribution in [0.3, 0.4) is 0 Å². The Morgan fingerprint density at radius 3 is 2.33 bits per heavy atom. The number of rotatable bonds is 8. The number of hydrogen-bond donors (Lipinski definition) is 1. The number of anilines is 1. The van der Waals surface area contributed by atoms with Crippen molar-refractivity contribution in [2.24, 2.45) is 0 Å². The van der Waals surface area contributed by atoms with Gasteiger partial charge < -0.3 is 14.5 Å². The zero-order valence-corrected chi connectivity index (χ0v) is 21.3. The Hall–Kier alpha value is -3.14. The summed E-state index contributed by atoms with van der Waals surface area (Å²) in [6.45, 7) is 1.56. The lowest BCUT2D eigenvalue weighted by atomic mass is 10.1. The van der Waals surface area contributed by atoms with Crippen LogP contribution in [0.5, 0.6) is 5.75 Å². The van der Waals surface area contributed by atoms with E-state index in [-0.39, 0.29) is 28.1 Å². The number of nitrogens with zero attached hydrogens (tertiary/aromatic N) is 2. The molecule has 1 fully saturated rings. The van der Waals surface area contributed by atoms with Crippen LogP contribution in [-0.4, -0.2) is 58.6 Å². The second-order valence-corrected chi connectivity index (χ2v) is 10.5. The van der Waals surface area contributed by atoms with E-state index < -0.39 is 16.1 Å². The summed E-state index contributed by atoms with van der Waals surface area (Å²) >= 11 is 6.14. The van der Waals surface area contributed by atoms with Crippen molar-refractivity contribution < 1.29 is 22.3 Å². The third kappa shape index (κ3) is 5.98. The maximum absolute atomic E-state index is 14.2. The summed E-state index contributed by atoms with van der Waals surface area (Å²) in [5, 5.41) is 0.149. The molecule has 0 bridgehead atoms. The number of hydrogen-bond acceptors (Lipinski definition) is 5. The Morgan fingerprint density at radius 2 is 1.69 bits per heavy atom. The molecule has 0 saturated carbocycles. The van der Waals surface area contributed by atoms with Crippen molar-refractivity contribution in [1.29, 1.82) is 0 Å².